The van der Waals surface area contributed by atoms with E-state index < -0.39 is 6.04 Å². The Morgan fingerprint density at radius 1 is 1.14 bits per heavy atom. The predicted octanol–water partition coefficient (Wildman–Crippen LogP) is 2.79. The molecule has 0 spiro atoms. The largest absolute Gasteiger partial charge is 0.352 e. The number of amides is 4. The van der Waals surface area contributed by atoms with E-state index in [2.05, 4.69) is 16.0 Å². The number of benzene rings is 1. The van der Waals surface area contributed by atoms with Gasteiger partial charge in [-0.1, -0.05) is 30.7 Å². The summed E-state index contributed by atoms with van der Waals surface area (Å²) in [5.74, 6) is -0.626. The van der Waals surface area contributed by atoms with E-state index in [-0.39, 0.29) is 29.8 Å². The number of likely N-dealkylation sites (tertiary alicyclic amines) is 1. The monoisotopic (exact) mass is 422 g/mol. The van der Waals surface area contributed by atoms with Crippen LogP contribution in [0, 0.1) is 5.92 Å². The lowest BCUT2D eigenvalue weighted by Gasteiger charge is -2.36. The molecule has 1 aromatic carbocycles. The SMILES string of the molecule is CCNC(=O)N1CCC([C@H](NC(=O)c2ccccc2Cl)C(=O)N[C@@H](C)CC)CC1. The van der Waals surface area contributed by atoms with Crippen LogP contribution < -0.4 is 16.0 Å². The first-order valence-electron chi connectivity index (χ1n) is 10.3. The number of nitrogens with zero attached hydrogens (tertiary/aromatic N) is 1. The second-order valence-corrected chi connectivity index (χ2v) is 7.82. The second kappa shape index (κ2) is 11.0. The summed E-state index contributed by atoms with van der Waals surface area (Å²) < 4.78 is 0. The van der Waals surface area contributed by atoms with Gasteiger partial charge in [-0.25, -0.2) is 4.79 Å². The molecule has 0 bridgehead atoms. The molecule has 0 unspecified atom stereocenters. The van der Waals surface area contributed by atoms with Gasteiger partial charge in [0.05, 0.1) is 10.6 Å². The summed E-state index contributed by atoms with van der Waals surface area (Å²) in [5.41, 5.74) is 0.343. The van der Waals surface area contributed by atoms with Gasteiger partial charge < -0.3 is 20.9 Å². The Kier molecular flexibility index (Phi) is 8.76. The number of halogens is 1. The predicted molar refractivity (Wildman–Crippen MR) is 114 cm³/mol. The minimum atomic E-state index is -0.677. The van der Waals surface area contributed by atoms with Crippen LogP contribution in [-0.4, -0.2) is 54.5 Å². The first-order chi connectivity index (χ1) is 13.9. The maximum absolute atomic E-state index is 12.9. The normalized spacial score (nSPS) is 16.6. The van der Waals surface area contributed by atoms with Gasteiger partial charge >= 0.3 is 6.03 Å². The Bertz CT molecular complexity index is 720. The van der Waals surface area contributed by atoms with Crippen molar-refractivity contribution in [3.63, 3.8) is 0 Å². The minimum absolute atomic E-state index is 0.0117. The van der Waals surface area contributed by atoms with E-state index >= 15 is 0 Å². The molecule has 7 nitrogen and oxygen atoms in total. The van der Waals surface area contributed by atoms with Crippen molar-refractivity contribution >= 4 is 29.4 Å². The van der Waals surface area contributed by atoms with Crippen LogP contribution in [0.3, 0.4) is 0 Å². The smallest absolute Gasteiger partial charge is 0.317 e. The van der Waals surface area contributed by atoms with E-state index in [4.69, 9.17) is 11.6 Å². The third-order valence-corrected chi connectivity index (χ3v) is 5.64. The molecule has 1 aliphatic heterocycles. The number of piperidine rings is 1. The van der Waals surface area contributed by atoms with Gasteiger partial charge in [0, 0.05) is 25.7 Å². The molecule has 4 amide bonds. The number of urea groups is 1. The number of nitrogens with one attached hydrogen (secondary N) is 3. The standard InChI is InChI=1S/C21H31ClN4O3/c1-4-14(3)24-20(28)18(25-19(27)16-8-6-7-9-17(16)22)15-10-12-26(13-11-15)21(29)23-5-2/h6-9,14-15,18H,4-5,10-13H2,1-3H3,(H,23,29)(H,24,28)(H,25,27)/t14-,18-/m0/s1. The summed E-state index contributed by atoms with van der Waals surface area (Å²) in [6, 6.07) is 6.02. The Hall–Kier alpha value is -2.28. The maximum Gasteiger partial charge on any atom is 0.317 e. The van der Waals surface area contributed by atoms with Crippen molar-refractivity contribution in [2.75, 3.05) is 19.6 Å². The van der Waals surface area contributed by atoms with Gasteiger partial charge in [0.1, 0.15) is 6.04 Å². The van der Waals surface area contributed by atoms with Crippen LogP contribution in [0.2, 0.25) is 5.02 Å². The molecule has 3 N–H and O–H groups in total. The fourth-order valence-corrected chi connectivity index (χ4v) is 3.62. The maximum atomic E-state index is 12.9. The highest BCUT2D eigenvalue weighted by atomic mass is 35.5. The number of hydrogen-bond acceptors (Lipinski definition) is 3. The Morgan fingerprint density at radius 3 is 2.38 bits per heavy atom. The van der Waals surface area contributed by atoms with Crippen molar-refractivity contribution in [1.82, 2.24) is 20.9 Å². The van der Waals surface area contributed by atoms with Crippen molar-refractivity contribution in [3.05, 3.63) is 34.9 Å². The van der Waals surface area contributed by atoms with Gasteiger partial charge in [-0.3, -0.25) is 9.59 Å². The zero-order chi connectivity index (χ0) is 21.4. The molecule has 1 aromatic rings. The topological polar surface area (TPSA) is 90.5 Å². The molecule has 0 aliphatic carbocycles. The van der Waals surface area contributed by atoms with E-state index in [0.29, 0.717) is 43.1 Å². The molecule has 8 heteroatoms. The summed E-state index contributed by atoms with van der Waals surface area (Å²) in [6.45, 7) is 7.48. The molecule has 2 atom stereocenters. The van der Waals surface area contributed by atoms with Gasteiger partial charge in [0.2, 0.25) is 5.91 Å². The molecule has 29 heavy (non-hydrogen) atoms. The van der Waals surface area contributed by atoms with Crippen molar-refractivity contribution in [2.45, 2.75) is 52.1 Å². The molecule has 2 rings (SSSR count). The fraction of sp³-hybridized carbons (Fsp3) is 0.571. The zero-order valence-corrected chi connectivity index (χ0v) is 18.1. The molecule has 1 fully saturated rings. The highest BCUT2D eigenvalue weighted by Crippen LogP contribution is 2.23. The van der Waals surface area contributed by atoms with Gasteiger partial charge in [-0.15, -0.1) is 0 Å². The summed E-state index contributed by atoms with van der Waals surface area (Å²) >= 11 is 6.15. The molecular weight excluding hydrogens is 392 g/mol. The first-order valence-corrected chi connectivity index (χ1v) is 10.6. The highest BCUT2D eigenvalue weighted by Gasteiger charge is 2.34. The number of carbonyl (C=O) groups excluding carboxylic acids is 3. The Labute approximate surface area is 177 Å². The molecule has 1 aliphatic rings. The molecule has 160 valence electrons. The molecule has 0 saturated carbocycles. The number of carbonyl (C=O) groups is 3. The Morgan fingerprint density at radius 2 is 1.79 bits per heavy atom. The molecule has 1 saturated heterocycles. The fourth-order valence-electron chi connectivity index (χ4n) is 3.40. The number of hydrogen-bond donors (Lipinski definition) is 3. The average Bonchev–Trinajstić information content (AvgIpc) is 2.72. The van der Waals surface area contributed by atoms with Crippen LogP contribution in [0.5, 0.6) is 0 Å². The van der Waals surface area contributed by atoms with Crippen molar-refractivity contribution in [1.29, 1.82) is 0 Å². The third kappa shape index (κ3) is 6.35. The van der Waals surface area contributed by atoms with Crippen molar-refractivity contribution < 1.29 is 14.4 Å². The first kappa shape index (κ1) is 23.0. The molecule has 0 aromatic heterocycles. The molecule has 1 heterocycles. The van der Waals surface area contributed by atoms with Gasteiger partial charge in [0.15, 0.2) is 0 Å². The van der Waals surface area contributed by atoms with Crippen molar-refractivity contribution in [3.8, 4) is 0 Å². The summed E-state index contributed by atoms with van der Waals surface area (Å²) in [4.78, 5) is 39.5. The number of rotatable bonds is 7. The van der Waals surface area contributed by atoms with Crippen LogP contribution in [-0.2, 0) is 4.79 Å². The third-order valence-electron chi connectivity index (χ3n) is 5.31. The van der Waals surface area contributed by atoms with Crippen LogP contribution in [0.25, 0.3) is 0 Å². The van der Waals surface area contributed by atoms with Gasteiger partial charge in [-0.05, 0) is 51.2 Å². The Balaban J connectivity index is 2.11. The zero-order valence-electron chi connectivity index (χ0n) is 17.3. The second-order valence-electron chi connectivity index (χ2n) is 7.41. The van der Waals surface area contributed by atoms with E-state index in [0.717, 1.165) is 6.42 Å². The van der Waals surface area contributed by atoms with Crippen LogP contribution >= 0.6 is 11.6 Å². The highest BCUT2D eigenvalue weighted by molar-refractivity contribution is 6.33. The van der Waals surface area contributed by atoms with E-state index in [1.807, 2.05) is 20.8 Å². The van der Waals surface area contributed by atoms with E-state index in [1.165, 1.54) is 0 Å². The van der Waals surface area contributed by atoms with E-state index in [9.17, 15) is 14.4 Å². The average molecular weight is 423 g/mol. The summed E-state index contributed by atoms with van der Waals surface area (Å²) in [5, 5.41) is 9.00. The lowest BCUT2D eigenvalue weighted by Crippen LogP contribution is -2.55. The van der Waals surface area contributed by atoms with E-state index in [1.54, 1.807) is 29.2 Å². The quantitative estimate of drug-likeness (QED) is 0.631. The molecular formula is C21H31ClN4O3. The minimum Gasteiger partial charge on any atom is -0.352 e. The van der Waals surface area contributed by atoms with Crippen LogP contribution in [0.1, 0.15) is 50.4 Å². The van der Waals surface area contributed by atoms with Crippen LogP contribution in [0.15, 0.2) is 24.3 Å². The lowest BCUT2D eigenvalue weighted by atomic mass is 9.88. The molecule has 0 radical (unpaired) electrons. The van der Waals surface area contributed by atoms with Crippen LogP contribution in [0.4, 0.5) is 4.79 Å². The van der Waals surface area contributed by atoms with Gasteiger partial charge in [-0.2, -0.15) is 0 Å². The summed E-state index contributed by atoms with van der Waals surface area (Å²) in [7, 11) is 0. The lowest BCUT2D eigenvalue weighted by molar-refractivity contribution is -0.125. The van der Waals surface area contributed by atoms with Crippen molar-refractivity contribution in [2.24, 2.45) is 5.92 Å². The van der Waals surface area contributed by atoms with Gasteiger partial charge in [0.25, 0.3) is 5.91 Å². The summed E-state index contributed by atoms with van der Waals surface area (Å²) in [6.07, 6.45) is 2.07.